The summed E-state index contributed by atoms with van der Waals surface area (Å²) in [4.78, 5) is 10.2. The maximum Gasteiger partial charge on any atom is 0.182 e. The molecule has 2 rings (SSSR count). The lowest BCUT2D eigenvalue weighted by molar-refractivity contribution is 0.628. The third kappa shape index (κ3) is 2.96. The number of nitrogens with zero attached hydrogens (tertiary/aromatic N) is 4. The Balaban J connectivity index is 2.35. The van der Waals surface area contributed by atoms with Gasteiger partial charge in [-0.05, 0) is 31.2 Å². The first-order valence-corrected chi connectivity index (χ1v) is 5.60. The number of rotatable bonds is 3. The molecule has 19 heavy (non-hydrogen) atoms. The highest BCUT2D eigenvalue weighted by Gasteiger charge is 2.08. The van der Waals surface area contributed by atoms with Gasteiger partial charge in [0, 0.05) is 18.8 Å². The van der Waals surface area contributed by atoms with Crippen molar-refractivity contribution in [1.82, 2.24) is 9.97 Å². The third-order valence-corrected chi connectivity index (χ3v) is 2.57. The highest BCUT2D eigenvalue weighted by molar-refractivity contribution is 5.62. The van der Waals surface area contributed by atoms with Crippen molar-refractivity contribution in [1.29, 1.82) is 5.26 Å². The highest BCUT2D eigenvalue weighted by Crippen LogP contribution is 2.23. The van der Waals surface area contributed by atoms with Crippen LogP contribution in [-0.4, -0.2) is 17.0 Å². The minimum atomic E-state index is -0.289. The van der Waals surface area contributed by atoms with Crippen molar-refractivity contribution in [2.75, 3.05) is 17.3 Å². The first-order chi connectivity index (χ1) is 9.10. The molecule has 0 aliphatic rings. The largest absolute Gasteiger partial charge is 0.329 e. The van der Waals surface area contributed by atoms with Crippen LogP contribution >= 0.6 is 0 Å². The Morgan fingerprint density at radius 2 is 1.95 bits per heavy atom. The average Bonchev–Trinajstić information content (AvgIpc) is 2.38. The molecule has 1 N–H and O–H groups in total. The summed E-state index contributed by atoms with van der Waals surface area (Å²) in [6, 6.07) is 7.73. The number of aryl methyl sites for hydroxylation is 1. The molecule has 5 nitrogen and oxygen atoms in total. The minimum absolute atomic E-state index is 0.289. The number of hydrogen-bond acceptors (Lipinski definition) is 5. The van der Waals surface area contributed by atoms with E-state index >= 15 is 0 Å². The van der Waals surface area contributed by atoms with E-state index in [1.54, 1.807) is 30.0 Å². The molecule has 2 aromatic rings. The maximum atomic E-state index is 12.9. The van der Waals surface area contributed by atoms with Crippen LogP contribution in [0.4, 0.5) is 21.7 Å². The van der Waals surface area contributed by atoms with Gasteiger partial charge in [0.25, 0.3) is 0 Å². The van der Waals surface area contributed by atoms with Crippen LogP contribution in [0.3, 0.4) is 0 Å². The lowest BCUT2D eigenvalue weighted by atomic mass is 10.3. The first-order valence-electron chi connectivity index (χ1n) is 5.60. The Morgan fingerprint density at radius 3 is 2.58 bits per heavy atom. The predicted octanol–water partition coefficient (Wildman–Crippen LogP) is 2.59. The normalized spacial score (nSPS) is 9.79. The quantitative estimate of drug-likeness (QED) is 0.676. The van der Waals surface area contributed by atoms with Crippen molar-refractivity contribution in [3.8, 4) is 6.19 Å². The second kappa shape index (κ2) is 5.31. The summed E-state index contributed by atoms with van der Waals surface area (Å²) in [6.45, 7) is 1.74. The van der Waals surface area contributed by atoms with Crippen LogP contribution in [0, 0.1) is 24.2 Å². The third-order valence-electron chi connectivity index (χ3n) is 2.57. The Hall–Kier alpha value is -2.68. The van der Waals surface area contributed by atoms with E-state index in [9.17, 15) is 4.39 Å². The van der Waals surface area contributed by atoms with Crippen LogP contribution in [0.2, 0.25) is 0 Å². The zero-order valence-electron chi connectivity index (χ0n) is 10.6. The summed E-state index contributed by atoms with van der Waals surface area (Å²) >= 11 is 0. The second-order valence-electron chi connectivity index (χ2n) is 3.93. The number of anilines is 3. The molecule has 1 aromatic carbocycles. The van der Waals surface area contributed by atoms with Gasteiger partial charge in [0.15, 0.2) is 6.19 Å². The molecule has 1 heterocycles. The second-order valence-corrected chi connectivity index (χ2v) is 3.93. The molecule has 0 aliphatic carbocycles. The summed E-state index contributed by atoms with van der Waals surface area (Å²) < 4.78 is 12.9. The Morgan fingerprint density at radius 1 is 1.26 bits per heavy atom. The van der Waals surface area contributed by atoms with E-state index in [4.69, 9.17) is 5.26 Å². The van der Waals surface area contributed by atoms with Crippen LogP contribution < -0.4 is 10.2 Å². The monoisotopic (exact) mass is 257 g/mol. The van der Waals surface area contributed by atoms with Crippen molar-refractivity contribution in [3.05, 3.63) is 42.0 Å². The summed E-state index contributed by atoms with van der Waals surface area (Å²) in [6.07, 6.45) is 1.82. The van der Waals surface area contributed by atoms with E-state index in [1.165, 1.54) is 12.1 Å². The molecule has 0 radical (unpaired) electrons. The summed E-state index contributed by atoms with van der Waals surface area (Å²) in [5, 5.41) is 11.1. The molecule has 0 saturated carbocycles. The molecule has 0 bridgehead atoms. The predicted molar refractivity (Wildman–Crippen MR) is 70.5 cm³/mol. The molecule has 0 amide bonds. The number of nitrogens with one attached hydrogen (secondary N) is 1. The van der Waals surface area contributed by atoms with E-state index in [1.807, 2.05) is 13.2 Å². The van der Waals surface area contributed by atoms with E-state index in [0.29, 0.717) is 17.5 Å². The summed E-state index contributed by atoms with van der Waals surface area (Å²) in [7, 11) is 1.81. The zero-order valence-corrected chi connectivity index (χ0v) is 10.6. The number of halogens is 1. The SMILES string of the molecule is Cc1nc(NC#N)cc(N(C)c2ccc(F)cc2)n1. The van der Waals surface area contributed by atoms with Gasteiger partial charge in [-0.25, -0.2) is 14.4 Å². The molecule has 0 fully saturated rings. The van der Waals surface area contributed by atoms with Crippen LogP contribution in [0.1, 0.15) is 5.82 Å². The van der Waals surface area contributed by atoms with Crippen molar-refractivity contribution in [3.63, 3.8) is 0 Å². The smallest absolute Gasteiger partial charge is 0.182 e. The van der Waals surface area contributed by atoms with Crippen LogP contribution in [0.5, 0.6) is 0 Å². The average molecular weight is 257 g/mol. The van der Waals surface area contributed by atoms with Crippen molar-refractivity contribution in [2.45, 2.75) is 6.92 Å². The Labute approximate surface area is 110 Å². The lowest BCUT2D eigenvalue weighted by Gasteiger charge is -2.19. The fourth-order valence-electron chi connectivity index (χ4n) is 1.64. The van der Waals surface area contributed by atoms with E-state index < -0.39 is 0 Å². The zero-order chi connectivity index (χ0) is 13.8. The Bertz CT molecular complexity index is 618. The van der Waals surface area contributed by atoms with E-state index in [-0.39, 0.29) is 5.82 Å². The molecule has 0 aliphatic heterocycles. The van der Waals surface area contributed by atoms with Gasteiger partial charge in [0.2, 0.25) is 0 Å². The highest BCUT2D eigenvalue weighted by atomic mass is 19.1. The first kappa shape index (κ1) is 12.8. The molecule has 96 valence electrons. The van der Waals surface area contributed by atoms with E-state index in [0.717, 1.165) is 5.69 Å². The van der Waals surface area contributed by atoms with Gasteiger partial charge in [-0.15, -0.1) is 0 Å². The topological polar surface area (TPSA) is 64.8 Å². The number of aromatic nitrogens is 2. The molecule has 0 atom stereocenters. The number of benzene rings is 1. The van der Waals surface area contributed by atoms with Gasteiger partial charge >= 0.3 is 0 Å². The minimum Gasteiger partial charge on any atom is -0.329 e. The molecule has 0 spiro atoms. The molecule has 1 aromatic heterocycles. The summed E-state index contributed by atoms with van der Waals surface area (Å²) in [5.74, 6) is 1.31. The fourth-order valence-corrected chi connectivity index (χ4v) is 1.64. The van der Waals surface area contributed by atoms with E-state index in [2.05, 4.69) is 15.3 Å². The van der Waals surface area contributed by atoms with Gasteiger partial charge in [-0.2, -0.15) is 5.26 Å². The Kier molecular flexibility index (Phi) is 3.57. The van der Waals surface area contributed by atoms with Gasteiger partial charge in [0.05, 0.1) is 0 Å². The van der Waals surface area contributed by atoms with Crippen molar-refractivity contribution in [2.24, 2.45) is 0 Å². The van der Waals surface area contributed by atoms with Crippen molar-refractivity contribution < 1.29 is 4.39 Å². The number of hydrogen-bond donors (Lipinski definition) is 1. The van der Waals surface area contributed by atoms with Gasteiger partial charge < -0.3 is 4.90 Å². The van der Waals surface area contributed by atoms with Crippen LogP contribution in [0.25, 0.3) is 0 Å². The van der Waals surface area contributed by atoms with Crippen molar-refractivity contribution >= 4 is 17.3 Å². The molecule has 0 saturated heterocycles. The molecule has 6 heteroatoms. The molecular weight excluding hydrogens is 245 g/mol. The standard InChI is InChI=1S/C13H12FN5/c1-9-17-12(16-8-15)7-13(18-9)19(2)11-5-3-10(14)4-6-11/h3-7H,1-2H3,(H,16,17,18). The summed E-state index contributed by atoms with van der Waals surface area (Å²) in [5.41, 5.74) is 0.794. The lowest BCUT2D eigenvalue weighted by Crippen LogP contribution is -2.13. The van der Waals surface area contributed by atoms with Gasteiger partial charge in [0.1, 0.15) is 23.3 Å². The maximum absolute atomic E-state index is 12.9. The van der Waals surface area contributed by atoms with Gasteiger partial charge in [-0.1, -0.05) is 0 Å². The fraction of sp³-hybridized carbons (Fsp3) is 0.154. The van der Waals surface area contributed by atoms with Gasteiger partial charge in [-0.3, -0.25) is 5.32 Å². The van der Waals surface area contributed by atoms with Crippen LogP contribution in [0.15, 0.2) is 30.3 Å². The van der Waals surface area contributed by atoms with Crippen LogP contribution in [-0.2, 0) is 0 Å². The number of nitriles is 1. The molecular formula is C13H12FN5. The molecule has 0 unspecified atom stereocenters.